The van der Waals surface area contributed by atoms with E-state index in [0.29, 0.717) is 12.0 Å². The van der Waals surface area contributed by atoms with E-state index in [9.17, 15) is 19.1 Å². The average molecular weight is 334 g/mol. The molecule has 2 amide bonds. The standard InChI is InChI=1S/C18H23FN2O3/c1-11(2)12-6-7-14(13(19)10-12)20-9-8-15(16(20)22)21(17(23)24)18(3,4)5/h6-7,10,15H,1,8-9H2,2-5H3,(H,23,24)/t15-/m0/s1. The molecule has 1 aromatic carbocycles. The Labute approximate surface area is 141 Å². The predicted octanol–water partition coefficient (Wildman–Crippen LogP) is 3.74. The maximum Gasteiger partial charge on any atom is 0.408 e. The zero-order valence-electron chi connectivity index (χ0n) is 14.5. The van der Waals surface area contributed by atoms with Crippen molar-refractivity contribution in [1.82, 2.24) is 4.90 Å². The minimum absolute atomic E-state index is 0.173. The number of hydrogen-bond acceptors (Lipinski definition) is 2. The van der Waals surface area contributed by atoms with Crippen LogP contribution in [0.25, 0.3) is 5.57 Å². The number of benzene rings is 1. The fourth-order valence-corrected chi connectivity index (χ4v) is 3.02. The van der Waals surface area contributed by atoms with Crippen molar-refractivity contribution in [3.8, 4) is 0 Å². The molecule has 0 unspecified atom stereocenters. The summed E-state index contributed by atoms with van der Waals surface area (Å²) in [5.74, 6) is -0.906. The molecule has 1 aliphatic rings. The van der Waals surface area contributed by atoms with E-state index in [-0.39, 0.29) is 12.2 Å². The van der Waals surface area contributed by atoms with Crippen LogP contribution in [-0.4, -0.2) is 40.1 Å². The van der Waals surface area contributed by atoms with Gasteiger partial charge in [-0.2, -0.15) is 0 Å². The summed E-state index contributed by atoms with van der Waals surface area (Å²) in [4.78, 5) is 26.8. The van der Waals surface area contributed by atoms with Gasteiger partial charge in [-0.05, 0) is 51.8 Å². The lowest BCUT2D eigenvalue weighted by Crippen LogP contribution is -2.54. The van der Waals surface area contributed by atoms with Crippen LogP contribution in [0.3, 0.4) is 0 Å². The topological polar surface area (TPSA) is 60.9 Å². The van der Waals surface area contributed by atoms with Crippen molar-refractivity contribution in [2.45, 2.75) is 45.7 Å². The normalized spacial score (nSPS) is 18.0. The summed E-state index contributed by atoms with van der Waals surface area (Å²) in [5.41, 5.74) is 0.855. The molecule has 1 heterocycles. The van der Waals surface area contributed by atoms with Gasteiger partial charge in [-0.1, -0.05) is 18.2 Å². The zero-order valence-corrected chi connectivity index (χ0v) is 14.5. The van der Waals surface area contributed by atoms with E-state index in [1.54, 1.807) is 39.8 Å². The smallest absolute Gasteiger partial charge is 0.408 e. The number of allylic oxidation sites excluding steroid dienone is 1. The molecule has 130 valence electrons. The van der Waals surface area contributed by atoms with Gasteiger partial charge in [0.05, 0.1) is 5.69 Å². The first-order valence-electron chi connectivity index (χ1n) is 7.83. The molecule has 0 spiro atoms. The lowest BCUT2D eigenvalue weighted by atomic mass is 10.0. The Morgan fingerprint density at radius 1 is 1.42 bits per heavy atom. The molecule has 5 nitrogen and oxygen atoms in total. The molecular formula is C18H23FN2O3. The third-order valence-corrected chi connectivity index (χ3v) is 4.15. The Morgan fingerprint density at radius 2 is 2.04 bits per heavy atom. The summed E-state index contributed by atoms with van der Waals surface area (Å²) in [5, 5.41) is 9.47. The molecule has 0 radical (unpaired) electrons. The second-order valence-electron chi connectivity index (χ2n) is 7.06. The fraction of sp³-hybridized carbons (Fsp3) is 0.444. The van der Waals surface area contributed by atoms with Gasteiger partial charge in [0.25, 0.3) is 0 Å². The predicted molar refractivity (Wildman–Crippen MR) is 91.5 cm³/mol. The van der Waals surface area contributed by atoms with E-state index in [1.807, 2.05) is 0 Å². The highest BCUT2D eigenvalue weighted by Gasteiger charge is 2.43. The molecule has 6 heteroatoms. The number of anilines is 1. The van der Waals surface area contributed by atoms with Crippen LogP contribution < -0.4 is 4.90 Å². The van der Waals surface area contributed by atoms with Crippen LogP contribution in [0.2, 0.25) is 0 Å². The van der Waals surface area contributed by atoms with E-state index in [0.717, 1.165) is 10.5 Å². The van der Waals surface area contributed by atoms with E-state index in [4.69, 9.17) is 0 Å². The second-order valence-corrected chi connectivity index (χ2v) is 7.06. The van der Waals surface area contributed by atoms with Crippen molar-refractivity contribution < 1.29 is 19.1 Å². The number of amides is 2. The van der Waals surface area contributed by atoms with Crippen molar-refractivity contribution in [1.29, 1.82) is 0 Å². The summed E-state index contributed by atoms with van der Waals surface area (Å²) in [6.07, 6.45) is -0.815. The van der Waals surface area contributed by atoms with Gasteiger partial charge in [-0.25, -0.2) is 9.18 Å². The zero-order chi connectivity index (χ0) is 18.2. The third-order valence-electron chi connectivity index (χ3n) is 4.15. The SMILES string of the molecule is C=C(C)c1ccc(N2CC[C@H](N(C(=O)O)C(C)(C)C)C2=O)c(F)c1. The summed E-state index contributed by atoms with van der Waals surface area (Å²) < 4.78 is 14.4. The first-order chi connectivity index (χ1) is 11.0. The molecule has 1 N–H and O–H groups in total. The summed E-state index contributed by atoms with van der Waals surface area (Å²) in [6, 6.07) is 3.79. The first-order valence-corrected chi connectivity index (χ1v) is 7.83. The number of carbonyl (C=O) groups is 2. The molecule has 2 rings (SSSR count). The van der Waals surface area contributed by atoms with Crippen LogP contribution in [-0.2, 0) is 4.79 Å². The van der Waals surface area contributed by atoms with Crippen LogP contribution in [0.4, 0.5) is 14.9 Å². The first kappa shape index (κ1) is 18.0. The molecular weight excluding hydrogens is 311 g/mol. The van der Waals surface area contributed by atoms with Gasteiger partial charge in [0, 0.05) is 12.1 Å². The number of nitrogens with zero attached hydrogens (tertiary/aromatic N) is 2. The minimum Gasteiger partial charge on any atom is -0.465 e. The van der Waals surface area contributed by atoms with Crippen molar-refractivity contribution in [3.63, 3.8) is 0 Å². The van der Waals surface area contributed by atoms with Gasteiger partial charge >= 0.3 is 6.09 Å². The van der Waals surface area contributed by atoms with Crippen LogP contribution in [0.15, 0.2) is 24.8 Å². The summed E-state index contributed by atoms with van der Waals surface area (Å²) in [7, 11) is 0. The number of carboxylic acid groups (broad SMARTS) is 1. The molecule has 0 saturated carbocycles. The van der Waals surface area contributed by atoms with E-state index in [1.165, 1.54) is 11.0 Å². The Hall–Kier alpha value is -2.37. The monoisotopic (exact) mass is 334 g/mol. The number of hydrogen-bond donors (Lipinski definition) is 1. The largest absolute Gasteiger partial charge is 0.465 e. The lowest BCUT2D eigenvalue weighted by molar-refractivity contribution is -0.122. The Morgan fingerprint density at radius 3 is 2.50 bits per heavy atom. The van der Waals surface area contributed by atoms with Crippen LogP contribution in [0.1, 0.15) is 39.7 Å². The number of rotatable bonds is 3. The van der Waals surface area contributed by atoms with Gasteiger partial charge in [0.1, 0.15) is 11.9 Å². The Bertz CT molecular complexity index is 694. The van der Waals surface area contributed by atoms with Gasteiger partial charge in [0.15, 0.2) is 0 Å². The fourth-order valence-electron chi connectivity index (χ4n) is 3.02. The molecule has 0 bridgehead atoms. The van der Waals surface area contributed by atoms with Gasteiger partial charge in [0.2, 0.25) is 5.91 Å². The minimum atomic E-state index is -1.15. The summed E-state index contributed by atoms with van der Waals surface area (Å²) in [6.45, 7) is 11.0. The van der Waals surface area contributed by atoms with Gasteiger partial charge in [-0.3, -0.25) is 9.69 Å². The molecule has 1 saturated heterocycles. The highest BCUT2D eigenvalue weighted by atomic mass is 19.1. The molecule has 0 aliphatic carbocycles. The Kier molecular flexibility index (Phi) is 4.69. The number of halogens is 1. The second kappa shape index (κ2) is 6.26. The highest BCUT2D eigenvalue weighted by molar-refractivity contribution is 6.01. The van der Waals surface area contributed by atoms with E-state index >= 15 is 0 Å². The molecule has 1 aliphatic heterocycles. The Balaban J connectivity index is 2.32. The summed E-state index contributed by atoms with van der Waals surface area (Å²) >= 11 is 0. The average Bonchev–Trinajstić information content (AvgIpc) is 2.78. The van der Waals surface area contributed by atoms with Crippen molar-refractivity contribution in [3.05, 3.63) is 36.2 Å². The number of carbonyl (C=O) groups excluding carboxylic acids is 1. The molecule has 1 aromatic rings. The van der Waals surface area contributed by atoms with Gasteiger partial charge < -0.3 is 10.0 Å². The molecule has 24 heavy (non-hydrogen) atoms. The molecule has 1 fully saturated rings. The van der Waals surface area contributed by atoms with Gasteiger partial charge in [-0.15, -0.1) is 0 Å². The van der Waals surface area contributed by atoms with E-state index < -0.39 is 29.4 Å². The van der Waals surface area contributed by atoms with Crippen LogP contribution in [0, 0.1) is 5.82 Å². The highest BCUT2D eigenvalue weighted by Crippen LogP contribution is 2.31. The molecule has 0 aromatic heterocycles. The van der Waals surface area contributed by atoms with Crippen molar-refractivity contribution in [2.75, 3.05) is 11.4 Å². The van der Waals surface area contributed by atoms with Crippen molar-refractivity contribution in [2.24, 2.45) is 0 Å². The lowest BCUT2D eigenvalue weighted by Gasteiger charge is -2.36. The maximum atomic E-state index is 14.4. The quantitative estimate of drug-likeness (QED) is 0.916. The van der Waals surface area contributed by atoms with Crippen LogP contribution in [0.5, 0.6) is 0 Å². The van der Waals surface area contributed by atoms with E-state index in [2.05, 4.69) is 6.58 Å². The third kappa shape index (κ3) is 3.27. The van der Waals surface area contributed by atoms with Crippen LogP contribution >= 0.6 is 0 Å². The maximum absolute atomic E-state index is 14.4. The molecule has 1 atom stereocenters. The van der Waals surface area contributed by atoms with Crippen molar-refractivity contribution >= 4 is 23.3 Å².